The predicted molar refractivity (Wildman–Crippen MR) is 80.0 cm³/mol. The lowest BCUT2D eigenvalue weighted by molar-refractivity contribution is 0.0696. The Hall–Kier alpha value is -1.69. The summed E-state index contributed by atoms with van der Waals surface area (Å²) in [4.78, 5) is 22.3. The summed E-state index contributed by atoms with van der Waals surface area (Å²) in [5.41, 5.74) is -0.593. The molecule has 0 saturated carbocycles. The summed E-state index contributed by atoms with van der Waals surface area (Å²) in [6, 6.07) is 3.21. The van der Waals surface area contributed by atoms with Crippen LogP contribution in [-0.2, 0) is 13.6 Å². The van der Waals surface area contributed by atoms with Crippen molar-refractivity contribution in [3.05, 3.63) is 29.3 Å². The van der Waals surface area contributed by atoms with E-state index in [0.29, 0.717) is 0 Å². The van der Waals surface area contributed by atoms with Gasteiger partial charge < -0.3 is 19.3 Å². The van der Waals surface area contributed by atoms with Gasteiger partial charge >= 0.3 is 19.5 Å². The predicted octanol–water partition coefficient (Wildman–Crippen LogP) is 2.75. The SMILES string of the molecule is CC(C)OP(=O)(OC(C)C)c1cc(C(=O)O)cc(C(=O)O)c1. The van der Waals surface area contributed by atoms with E-state index in [9.17, 15) is 14.2 Å². The van der Waals surface area contributed by atoms with Gasteiger partial charge in [-0.05, 0) is 45.9 Å². The largest absolute Gasteiger partial charge is 0.478 e. The van der Waals surface area contributed by atoms with Crippen LogP contribution in [0.15, 0.2) is 18.2 Å². The Balaban J connectivity index is 3.49. The van der Waals surface area contributed by atoms with Gasteiger partial charge in [0.1, 0.15) is 0 Å². The second kappa shape index (κ2) is 7.05. The molecule has 1 aromatic carbocycles. The molecule has 1 rings (SSSR count). The molecule has 0 aliphatic heterocycles. The highest BCUT2D eigenvalue weighted by Crippen LogP contribution is 2.49. The van der Waals surface area contributed by atoms with E-state index in [0.717, 1.165) is 18.2 Å². The molecule has 0 spiro atoms. The van der Waals surface area contributed by atoms with Crippen LogP contribution >= 0.6 is 7.60 Å². The maximum Gasteiger partial charge on any atom is 0.361 e. The summed E-state index contributed by atoms with van der Waals surface area (Å²) in [6.07, 6.45) is -0.905. The first-order chi connectivity index (χ1) is 10.0. The zero-order valence-corrected chi connectivity index (χ0v) is 13.7. The van der Waals surface area contributed by atoms with Crippen molar-refractivity contribution >= 4 is 24.8 Å². The fourth-order valence-corrected chi connectivity index (χ4v) is 3.72. The van der Waals surface area contributed by atoms with Crippen molar-refractivity contribution in [1.29, 1.82) is 0 Å². The summed E-state index contributed by atoms with van der Waals surface area (Å²) in [6.45, 7) is 6.59. The van der Waals surface area contributed by atoms with Gasteiger partial charge in [-0.15, -0.1) is 0 Å². The number of carboxylic acid groups (broad SMARTS) is 2. The molecule has 122 valence electrons. The van der Waals surface area contributed by atoms with E-state index < -0.39 is 31.7 Å². The summed E-state index contributed by atoms with van der Waals surface area (Å²) in [5.74, 6) is -2.66. The molecule has 1 aromatic rings. The Kier molecular flexibility index (Phi) is 5.88. The molecule has 8 heteroatoms. The first-order valence-electron chi connectivity index (χ1n) is 6.64. The average molecular weight is 330 g/mol. The third kappa shape index (κ3) is 4.66. The molecule has 0 amide bonds. The molecule has 2 N–H and O–H groups in total. The van der Waals surface area contributed by atoms with Crippen molar-refractivity contribution < 1.29 is 33.4 Å². The number of hydrogen-bond acceptors (Lipinski definition) is 5. The van der Waals surface area contributed by atoms with Gasteiger partial charge in [-0.1, -0.05) is 0 Å². The molecular weight excluding hydrogens is 311 g/mol. The highest BCUT2D eigenvalue weighted by Gasteiger charge is 2.32. The van der Waals surface area contributed by atoms with Crippen molar-refractivity contribution in [2.45, 2.75) is 39.9 Å². The Morgan fingerprint density at radius 2 is 1.27 bits per heavy atom. The minimum absolute atomic E-state index is 0.0906. The molecule has 0 aliphatic rings. The molecule has 0 aliphatic carbocycles. The Morgan fingerprint density at radius 3 is 1.55 bits per heavy atom. The van der Waals surface area contributed by atoms with Crippen LogP contribution in [0.1, 0.15) is 48.4 Å². The Labute approximate surface area is 128 Å². The summed E-state index contributed by atoms with van der Waals surface area (Å²) in [7, 11) is -3.84. The summed E-state index contributed by atoms with van der Waals surface area (Å²) >= 11 is 0. The van der Waals surface area contributed by atoms with Gasteiger partial charge in [0.15, 0.2) is 0 Å². The smallest absolute Gasteiger partial charge is 0.361 e. The van der Waals surface area contributed by atoms with E-state index in [2.05, 4.69) is 0 Å². The standard InChI is InChI=1S/C14H19O7P/c1-8(2)20-22(19,21-9(3)4)12-6-10(13(15)16)5-11(7-12)14(17)18/h5-9H,1-4H3,(H,15,16)(H,17,18). The molecule has 0 unspecified atom stereocenters. The van der Waals surface area contributed by atoms with E-state index in [1.807, 2.05) is 0 Å². The monoisotopic (exact) mass is 330 g/mol. The van der Waals surface area contributed by atoms with Gasteiger partial charge in [-0.2, -0.15) is 0 Å². The van der Waals surface area contributed by atoms with Crippen molar-refractivity contribution in [1.82, 2.24) is 0 Å². The van der Waals surface area contributed by atoms with Crippen LogP contribution in [0.5, 0.6) is 0 Å². The van der Waals surface area contributed by atoms with Crippen LogP contribution in [0.4, 0.5) is 0 Å². The van der Waals surface area contributed by atoms with Crippen LogP contribution in [0.25, 0.3) is 0 Å². The third-order valence-electron chi connectivity index (χ3n) is 2.43. The van der Waals surface area contributed by atoms with Crippen molar-refractivity contribution in [2.24, 2.45) is 0 Å². The highest BCUT2D eigenvalue weighted by molar-refractivity contribution is 7.62. The first kappa shape index (κ1) is 18.4. The minimum Gasteiger partial charge on any atom is -0.478 e. The molecular formula is C14H19O7P. The van der Waals surface area contributed by atoms with Gasteiger partial charge in [0.25, 0.3) is 0 Å². The second-order valence-corrected chi connectivity index (χ2v) is 7.12. The van der Waals surface area contributed by atoms with E-state index in [1.54, 1.807) is 27.7 Å². The number of rotatable bonds is 7. The second-order valence-electron chi connectivity index (χ2n) is 5.18. The van der Waals surface area contributed by atoms with Crippen LogP contribution in [0, 0.1) is 0 Å². The third-order valence-corrected chi connectivity index (χ3v) is 4.72. The van der Waals surface area contributed by atoms with E-state index >= 15 is 0 Å². The molecule has 0 aromatic heterocycles. The number of hydrogen-bond donors (Lipinski definition) is 2. The molecule has 7 nitrogen and oxygen atoms in total. The average Bonchev–Trinajstić information content (AvgIpc) is 2.35. The van der Waals surface area contributed by atoms with Crippen LogP contribution < -0.4 is 5.30 Å². The zero-order chi connectivity index (χ0) is 17.1. The molecule has 0 fully saturated rings. The van der Waals surface area contributed by atoms with Crippen molar-refractivity contribution in [3.63, 3.8) is 0 Å². The lowest BCUT2D eigenvalue weighted by Gasteiger charge is -2.23. The Morgan fingerprint density at radius 1 is 0.909 bits per heavy atom. The molecule has 0 bridgehead atoms. The van der Waals surface area contributed by atoms with Gasteiger partial charge in [0, 0.05) is 0 Å². The molecule has 22 heavy (non-hydrogen) atoms. The topological polar surface area (TPSA) is 110 Å². The summed E-state index contributed by atoms with van der Waals surface area (Å²) in [5, 5.41) is 18.1. The zero-order valence-electron chi connectivity index (χ0n) is 12.8. The van der Waals surface area contributed by atoms with E-state index in [1.165, 1.54) is 0 Å². The molecule has 0 radical (unpaired) electrons. The van der Waals surface area contributed by atoms with Gasteiger partial charge in [-0.3, -0.25) is 4.57 Å². The van der Waals surface area contributed by atoms with Gasteiger partial charge in [0.2, 0.25) is 0 Å². The number of carboxylic acids is 2. The lowest BCUT2D eigenvalue weighted by Crippen LogP contribution is -2.19. The summed E-state index contributed by atoms with van der Waals surface area (Å²) < 4.78 is 23.7. The van der Waals surface area contributed by atoms with Crippen molar-refractivity contribution in [3.8, 4) is 0 Å². The minimum atomic E-state index is -3.84. The lowest BCUT2D eigenvalue weighted by atomic mass is 10.1. The molecule has 0 heterocycles. The van der Waals surface area contributed by atoms with Crippen LogP contribution in [-0.4, -0.2) is 34.4 Å². The molecule has 0 saturated heterocycles. The van der Waals surface area contributed by atoms with Crippen LogP contribution in [0.3, 0.4) is 0 Å². The van der Waals surface area contributed by atoms with E-state index in [-0.39, 0.29) is 16.4 Å². The normalized spacial score (nSPS) is 11.9. The van der Waals surface area contributed by atoms with Gasteiger partial charge in [0.05, 0.1) is 28.6 Å². The number of carbonyl (C=O) groups is 2. The maximum atomic E-state index is 13.0. The van der Waals surface area contributed by atoms with Crippen LogP contribution in [0.2, 0.25) is 0 Å². The molecule has 0 atom stereocenters. The Bertz CT molecular complexity index is 575. The fourth-order valence-electron chi connectivity index (χ4n) is 1.72. The quantitative estimate of drug-likeness (QED) is 0.740. The number of benzene rings is 1. The first-order valence-corrected chi connectivity index (χ1v) is 8.18. The number of aromatic carboxylic acids is 2. The maximum absolute atomic E-state index is 13.0. The van der Waals surface area contributed by atoms with Gasteiger partial charge in [-0.25, -0.2) is 9.59 Å². The fraction of sp³-hybridized carbons (Fsp3) is 0.429. The van der Waals surface area contributed by atoms with Crippen molar-refractivity contribution in [2.75, 3.05) is 0 Å². The highest BCUT2D eigenvalue weighted by atomic mass is 31.2. The van der Waals surface area contributed by atoms with E-state index in [4.69, 9.17) is 19.3 Å².